The van der Waals surface area contributed by atoms with Crippen LogP contribution in [0.15, 0.2) is 65.8 Å². The van der Waals surface area contributed by atoms with Crippen LogP contribution >= 0.6 is 0 Å². The molecule has 2 amide bonds. The molecule has 1 aromatic heterocycles. The van der Waals surface area contributed by atoms with Crippen molar-refractivity contribution in [3.63, 3.8) is 0 Å². The molecule has 0 bridgehead atoms. The van der Waals surface area contributed by atoms with Gasteiger partial charge < -0.3 is 15.4 Å². The Labute approximate surface area is 176 Å². The predicted molar refractivity (Wildman–Crippen MR) is 117 cm³/mol. The number of aliphatic imine (C=N–C) groups is 1. The first-order valence-corrected chi connectivity index (χ1v) is 9.92. The largest absolute Gasteiger partial charge is 0.457 e. The zero-order valence-corrected chi connectivity index (χ0v) is 17.1. The summed E-state index contributed by atoms with van der Waals surface area (Å²) in [6.45, 7) is 4.34. The van der Waals surface area contributed by atoms with Crippen molar-refractivity contribution < 1.29 is 9.53 Å². The number of hydrogen-bond donors (Lipinski definition) is 2. The zero-order chi connectivity index (χ0) is 20.9. The van der Waals surface area contributed by atoms with Gasteiger partial charge in [-0.25, -0.2) is 4.79 Å². The molecule has 2 aromatic carbocycles. The average molecular weight is 400 g/mol. The van der Waals surface area contributed by atoms with E-state index in [0.717, 1.165) is 33.9 Å². The monoisotopic (exact) mass is 400 g/mol. The van der Waals surface area contributed by atoms with Crippen molar-refractivity contribution >= 4 is 12.2 Å². The van der Waals surface area contributed by atoms with E-state index in [-0.39, 0.29) is 12.2 Å². The molecule has 0 saturated carbocycles. The number of aromatic nitrogens is 1. The molecular weight excluding hydrogens is 376 g/mol. The summed E-state index contributed by atoms with van der Waals surface area (Å²) >= 11 is 0. The number of benzene rings is 2. The van der Waals surface area contributed by atoms with E-state index in [2.05, 4.69) is 26.7 Å². The number of amides is 2. The standard InChI is InChI=1S/C24H24N4O2/c1-16-11-18(7-8-22(16)30-21-9-10-25-17(2)12-21)14-27-24(29)28-23-13-19-5-3-4-6-20(19)15-26-23/h3-12,15,23H,13-14H2,1-2H3,(H2,27,28,29). The van der Waals surface area contributed by atoms with Crippen molar-refractivity contribution in [1.29, 1.82) is 0 Å². The van der Waals surface area contributed by atoms with Crippen molar-refractivity contribution in [3.05, 3.63) is 88.7 Å². The third-order valence-corrected chi connectivity index (χ3v) is 4.95. The molecule has 2 N–H and O–H groups in total. The first-order chi connectivity index (χ1) is 14.6. The second-order valence-electron chi connectivity index (χ2n) is 7.36. The lowest BCUT2D eigenvalue weighted by Crippen LogP contribution is -2.42. The van der Waals surface area contributed by atoms with Crippen molar-refractivity contribution in [2.24, 2.45) is 4.99 Å². The summed E-state index contributed by atoms with van der Waals surface area (Å²) in [6, 6.07) is 17.5. The third kappa shape index (κ3) is 4.84. The van der Waals surface area contributed by atoms with Crippen molar-refractivity contribution in [3.8, 4) is 11.5 Å². The van der Waals surface area contributed by atoms with Crippen LogP contribution in [0.1, 0.15) is 27.9 Å². The highest BCUT2D eigenvalue weighted by Gasteiger charge is 2.16. The Morgan fingerprint density at radius 3 is 2.83 bits per heavy atom. The molecular formula is C24H24N4O2. The molecule has 0 aliphatic carbocycles. The fourth-order valence-electron chi connectivity index (χ4n) is 3.40. The van der Waals surface area contributed by atoms with Crippen molar-refractivity contribution in [2.75, 3.05) is 0 Å². The van der Waals surface area contributed by atoms with Crippen LogP contribution in [-0.4, -0.2) is 23.4 Å². The number of urea groups is 1. The molecule has 3 aromatic rings. The zero-order valence-electron chi connectivity index (χ0n) is 17.1. The minimum absolute atomic E-state index is 0.234. The molecule has 1 aliphatic rings. The highest BCUT2D eigenvalue weighted by Crippen LogP contribution is 2.26. The molecule has 4 rings (SSSR count). The lowest BCUT2D eigenvalue weighted by Gasteiger charge is -2.20. The maximum atomic E-state index is 12.3. The van der Waals surface area contributed by atoms with Gasteiger partial charge in [0.25, 0.3) is 0 Å². The van der Waals surface area contributed by atoms with Crippen LogP contribution in [0, 0.1) is 13.8 Å². The number of carbonyl (C=O) groups excluding carboxylic acids is 1. The smallest absolute Gasteiger partial charge is 0.316 e. The Morgan fingerprint density at radius 1 is 1.13 bits per heavy atom. The van der Waals surface area contributed by atoms with Gasteiger partial charge in [-0.05, 0) is 48.2 Å². The summed E-state index contributed by atoms with van der Waals surface area (Å²) < 4.78 is 5.94. The van der Waals surface area contributed by atoms with E-state index < -0.39 is 0 Å². The molecule has 2 heterocycles. The van der Waals surface area contributed by atoms with Crippen LogP contribution in [0.4, 0.5) is 4.79 Å². The van der Waals surface area contributed by atoms with Crippen LogP contribution in [-0.2, 0) is 13.0 Å². The first kappa shape index (κ1) is 19.6. The summed E-state index contributed by atoms with van der Waals surface area (Å²) in [6.07, 6.45) is 3.99. The van der Waals surface area contributed by atoms with E-state index in [1.54, 1.807) is 6.20 Å². The summed E-state index contributed by atoms with van der Waals surface area (Å²) in [5.74, 6) is 1.54. The minimum Gasteiger partial charge on any atom is -0.457 e. The van der Waals surface area contributed by atoms with Crippen LogP contribution in [0.3, 0.4) is 0 Å². The summed E-state index contributed by atoms with van der Waals surface area (Å²) in [7, 11) is 0. The summed E-state index contributed by atoms with van der Waals surface area (Å²) in [5, 5.41) is 5.82. The van der Waals surface area contributed by atoms with E-state index in [9.17, 15) is 4.79 Å². The number of hydrogen-bond acceptors (Lipinski definition) is 4. The number of nitrogens with one attached hydrogen (secondary N) is 2. The number of rotatable bonds is 5. The molecule has 0 saturated heterocycles. The van der Waals surface area contributed by atoms with Gasteiger partial charge in [-0.15, -0.1) is 0 Å². The molecule has 0 fully saturated rings. The number of carbonyl (C=O) groups is 1. The Morgan fingerprint density at radius 2 is 2.00 bits per heavy atom. The number of pyridine rings is 1. The predicted octanol–water partition coefficient (Wildman–Crippen LogP) is 4.29. The number of ether oxygens (including phenoxy) is 1. The molecule has 152 valence electrons. The number of nitrogens with zero attached hydrogens (tertiary/aromatic N) is 2. The van der Waals surface area contributed by atoms with E-state index in [0.29, 0.717) is 13.0 Å². The van der Waals surface area contributed by atoms with E-state index >= 15 is 0 Å². The molecule has 1 atom stereocenters. The highest BCUT2D eigenvalue weighted by molar-refractivity contribution is 5.83. The van der Waals surface area contributed by atoms with Gasteiger partial charge >= 0.3 is 6.03 Å². The summed E-state index contributed by atoms with van der Waals surface area (Å²) in [5.41, 5.74) is 5.20. The highest BCUT2D eigenvalue weighted by atomic mass is 16.5. The van der Waals surface area contributed by atoms with Crippen LogP contribution in [0.2, 0.25) is 0 Å². The van der Waals surface area contributed by atoms with Gasteiger partial charge in [-0.3, -0.25) is 9.98 Å². The molecule has 1 aliphatic heterocycles. The van der Waals surface area contributed by atoms with Crippen LogP contribution in [0.5, 0.6) is 11.5 Å². The number of fused-ring (bicyclic) bond motifs is 1. The van der Waals surface area contributed by atoms with Crippen LogP contribution in [0.25, 0.3) is 0 Å². The Balaban J connectivity index is 1.30. The Hall–Kier alpha value is -3.67. The number of aryl methyl sites for hydroxylation is 2. The first-order valence-electron chi connectivity index (χ1n) is 9.92. The average Bonchev–Trinajstić information content (AvgIpc) is 2.74. The Kier molecular flexibility index (Phi) is 5.75. The SMILES string of the molecule is Cc1cc(Oc2ccc(CNC(=O)NC3Cc4ccccc4C=N3)cc2C)ccn1. The third-order valence-electron chi connectivity index (χ3n) is 4.95. The van der Waals surface area contributed by atoms with E-state index in [1.165, 1.54) is 5.56 Å². The summed E-state index contributed by atoms with van der Waals surface area (Å²) in [4.78, 5) is 20.9. The lowest BCUT2D eigenvalue weighted by molar-refractivity contribution is 0.237. The fourth-order valence-corrected chi connectivity index (χ4v) is 3.40. The maximum absolute atomic E-state index is 12.3. The topological polar surface area (TPSA) is 75.6 Å². The van der Waals surface area contributed by atoms with Gasteiger partial charge in [0.15, 0.2) is 0 Å². The quantitative estimate of drug-likeness (QED) is 0.671. The molecule has 0 radical (unpaired) electrons. The van der Waals surface area contributed by atoms with Gasteiger partial charge in [0, 0.05) is 37.1 Å². The molecule has 30 heavy (non-hydrogen) atoms. The fraction of sp³-hybridized carbons (Fsp3) is 0.208. The van der Waals surface area contributed by atoms with Gasteiger partial charge in [-0.2, -0.15) is 0 Å². The molecule has 6 heteroatoms. The molecule has 6 nitrogen and oxygen atoms in total. The van der Waals surface area contributed by atoms with Crippen LogP contribution < -0.4 is 15.4 Å². The molecule has 0 spiro atoms. The molecule has 1 unspecified atom stereocenters. The second-order valence-corrected chi connectivity index (χ2v) is 7.36. The lowest BCUT2D eigenvalue weighted by atomic mass is 10.0. The van der Waals surface area contributed by atoms with Gasteiger partial charge in [0.2, 0.25) is 0 Å². The van der Waals surface area contributed by atoms with E-state index in [4.69, 9.17) is 4.74 Å². The minimum atomic E-state index is -0.249. The van der Waals surface area contributed by atoms with Crippen molar-refractivity contribution in [2.45, 2.75) is 33.0 Å². The van der Waals surface area contributed by atoms with Gasteiger partial charge in [0.1, 0.15) is 17.7 Å². The van der Waals surface area contributed by atoms with E-state index in [1.807, 2.05) is 68.6 Å². The van der Waals surface area contributed by atoms with Crippen molar-refractivity contribution in [1.82, 2.24) is 15.6 Å². The van der Waals surface area contributed by atoms with Gasteiger partial charge in [0.05, 0.1) is 0 Å². The maximum Gasteiger partial charge on any atom is 0.316 e. The Bertz CT molecular complexity index is 1090. The van der Waals surface area contributed by atoms with Gasteiger partial charge in [-0.1, -0.05) is 36.4 Å². The normalized spacial score (nSPS) is 14.7. The second kappa shape index (κ2) is 8.78.